The number of fused-ring (bicyclic) bond motifs is 2. The van der Waals surface area contributed by atoms with E-state index >= 15 is 0 Å². The summed E-state index contributed by atoms with van der Waals surface area (Å²) < 4.78 is 12.9. The molecule has 1 aromatic rings. The molecular formula is C14H15ClFNO. The van der Waals surface area contributed by atoms with Crippen LogP contribution in [0.1, 0.15) is 36.0 Å². The number of alkyl halides is 1. The largest absolute Gasteiger partial charge is 0.333 e. The van der Waals surface area contributed by atoms with Crippen molar-refractivity contribution in [1.82, 2.24) is 4.90 Å². The highest BCUT2D eigenvalue weighted by Gasteiger charge is 2.42. The average molecular weight is 268 g/mol. The van der Waals surface area contributed by atoms with Crippen molar-refractivity contribution in [1.29, 1.82) is 0 Å². The Labute approximate surface area is 111 Å². The molecular weight excluding hydrogens is 253 g/mol. The Hall–Kier alpha value is -1.09. The predicted octanol–water partition coefficient (Wildman–Crippen LogP) is 3.20. The van der Waals surface area contributed by atoms with Crippen molar-refractivity contribution in [2.45, 2.75) is 43.1 Å². The van der Waals surface area contributed by atoms with Gasteiger partial charge < -0.3 is 4.90 Å². The van der Waals surface area contributed by atoms with Crippen LogP contribution < -0.4 is 0 Å². The smallest absolute Gasteiger partial charge is 0.254 e. The Morgan fingerprint density at radius 2 is 1.72 bits per heavy atom. The third-order valence-electron chi connectivity index (χ3n) is 4.00. The maximum Gasteiger partial charge on any atom is 0.254 e. The predicted molar refractivity (Wildman–Crippen MR) is 68.3 cm³/mol. The molecule has 0 N–H and O–H groups in total. The normalized spacial score (nSPS) is 30.6. The molecule has 96 valence electrons. The summed E-state index contributed by atoms with van der Waals surface area (Å²) in [7, 11) is 0. The lowest BCUT2D eigenvalue weighted by atomic mass is 10.0. The van der Waals surface area contributed by atoms with Crippen LogP contribution in [0, 0.1) is 5.82 Å². The van der Waals surface area contributed by atoms with Crippen LogP contribution in [0.2, 0.25) is 0 Å². The molecule has 0 saturated carbocycles. The molecule has 2 aliphatic heterocycles. The SMILES string of the molecule is O=C(c1ccc(F)cc1)N1C2CCC1CC(Cl)C2. The van der Waals surface area contributed by atoms with Crippen LogP contribution >= 0.6 is 11.6 Å². The van der Waals surface area contributed by atoms with Crippen molar-refractivity contribution in [2.24, 2.45) is 0 Å². The molecule has 0 spiro atoms. The highest BCUT2D eigenvalue weighted by atomic mass is 35.5. The van der Waals surface area contributed by atoms with Gasteiger partial charge in [-0.15, -0.1) is 11.6 Å². The quantitative estimate of drug-likeness (QED) is 0.716. The second-order valence-electron chi connectivity index (χ2n) is 5.17. The van der Waals surface area contributed by atoms with Gasteiger partial charge in [-0.3, -0.25) is 4.79 Å². The maximum atomic E-state index is 12.9. The first-order chi connectivity index (χ1) is 8.65. The number of piperidine rings is 1. The van der Waals surface area contributed by atoms with Gasteiger partial charge in [0.25, 0.3) is 5.91 Å². The van der Waals surface area contributed by atoms with Crippen molar-refractivity contribution in [3.05, 3.63) is 35.6 Å². The van der Waals surface area contributed by atoms with E-state index in [9.17, 15) is 9.18 Å². The number of carbonyl (C=O) groups excluding carboxylic acids is 1. The zero-order valence-electron chi connectivity index (χ0n) is 9.98. The lowest BCUT2D eigenvalue weighted by molar-refractivity contribution is 0.0599. The fourth-order valence-corrected chi connectivity index (χ4v) is 3.60. The summed E-state index contributed by atoms with van der Waals surface area (Å²) in [6.07, 6.45) is 3.84. The molecule has 2 nitrogen and oxygen atoms in total. The lowest BCUT2D eigenvalue weighted by Gasteiger charge is -2.37. The minimum absolute atomic E-state index is 0.0195. The van der Waals surface area contributed by atoms with E-state index < -0.39 is 0 Å². The summed E-state index contributed by atoms with van der Waals surface area (Å²) in [6.45, 7) is 0. The highest BCUT2D eigenvalue weighted by Crippen LogP contribution is 2.38. The maximum absolute atomic E-state index is 12.9. The van der Waals surface area contributed by atoms with Gasteiger partial charge in [-0.05, 0) is 49.9 Å². The lowest BCUT2D eigenvalue weighted by Crippen LogP contribution is -2.46. The van der Waals surface area contributed by atoms with E-state index in [4.69, 9.17) is 11.6 Å². The van der Waals surface area contributed by atoms with Crippen LogP contribution in [0.5, 0.6) is 0 Å². The Morgan fingerprint density at radius 3 is 2.28 bits per heavy atom. The van der Waals surface area contributed by atoms with Gasteiger partial charge in [0, 0.05) is 23.0 Å². The second-order valence-corrected chi connectivity index (χ2v) is 5.79. The topological polar surface area (TPSA) is 20.3 Å². The molecule has 2 unspecified atom stereocenters. The number of amides is 1. The van der Waals surface area contributed by atoms with E-state index in [0.717, 1.165) is 25.7 Å². The van der Waals surface area contributed by atoms with Gasteiger partial charge in [0.2, 0.25) is 0 Å². The average Bonchev–Trinajstić information content (AvgIpc) is 2.62. The van der Waals surface area contributed by atoms with Gasteiger partial charge in [-0.1, -0.05) is 0 Å². The molecule has 4 heteroatoms. The second kappa shape index (κ2) is 4.54. The number of carbonyl (C=O) groups is 1. The fraction of sp³-hybridized carbons (Fsp3) is 0.500. The number of halogens is 2. The molecule has 3 rings (SSSR count). The third-order valence-corrected chi connectivity index (χ3v) is 4.36. The van der Waals surface area contributed by atoms with Crippen LogP contribution in [-0.2, 0) is 0 Å². The summed E-state index contributed by atoms with van der Waals surface area (Å²) in [5, 5.41) is 0.194. The molecule has 18 heavy (non-hydrogen) atoms. The molecule has 1 aromatic carbocycles. The van der Waals surface area contributed by atoms with Crippen LogP contribution in [0.4, 0.5) is 4.39 Å². The van der Waals surface area contributed by atoms with Crippen molar-refractivity contribution in [2.75, 3.05) is 0 Å². The van der Waals surface area contributed by atoms with Crippen LogP contribution in [-0.4, -0.2) is 28.3 Å². The summed E-state index contributed by atoms with van der Waals surface area (Å²) in [4.78, 5) is 14.4. The Kier molecular flexibility index (Phi) is 3.02. The Morgan fingerprint density at radius 1 is 1.17 bits per heavy atom. The minimum atomic E-state index is -0.311. The fourth-order valence-electron chi connectivity index (χ4n) is 3.18. The van der Waals surface area contributed by atoms with Crippen LogP contribution in [0.25, 0.3) is 0 Å². The molecule has 0 aliphatic carbocycles. The van der Waals surface area contributed by atoms with E-state index in [2.05, 4.69) is 0 Å². The monoisotopic (exact) mass is 267 g/mol. The molecule has 2 aliphatic rings. The van der Waals surface area contributed by atoms with Crippen molar-refractivity contribution < 1.29 is 9.18 Å². The van der Waals surface area contributed by atoms with Crippen molar-refractivity contribution in [3.63, 3.8) is 0 Å². The molecule has 2 atom stereocenters. The zero-order chi connectivity index (χ0) is 12.7. The van der Waals surface area contributed by atoms with E-state index in [1.807, 2.05) is 4.90 Å². The summed E-state index contributed by atoms with van der Waals surface area (Å²) >= 11 is 6.20. The number of hydrogen-bond acceptors (Lipinski definition) is 1. The molecule has 2 heterocycles. The van der Waals surface area contributed by atoms with Gasteiger partial charge in [-0.2, -0.15) is 0 Å². The minimum Gasteiger partial charge on any atom is -0.333 e. The van der Waals surface area contributed by atoms with Crippen LogP contribution in [0.3, 0.4) is 0 Å². The third kappa shape index (κ3) is 2.01. The number of nitrogens with zero attached hydrogens (tertiary/aromatic N) is 1. The highest BCUT2D eigenvalue weighted by molar-refractivity contribution is 6.20. The zero-order valence-corrected chi connectivity index (χ0v) is 10.7. The Bertz CT molecular complexity index is 447. The van der Waals surface area contributed by atoms with E-state index in [0.29, 0.717) is 5.56 Å². The molecule has 2 bridgehead atoms. The first-order valence-electron chi connectivity index (χ1n) is 6.37. The van der Waals surface area contributed by atoms with Gasteiger partial charge >= 0.3 is 0 Å². The molecule has 2 fully saturated rings. The van der Waals surface area contributed by atoms with Gasteiger partial charge in [0.1, 0.15) is 5.82 Å². The number of benzene rings is 1. The molecule has 0 aromatic heterocycles. The molecule has 0 radical (unpaired) electrons. The molecule has 2 saturated heterocycles. The summed E-state index contributed by atoms with van der Waals surface area (Å²) in [6, 6.07) is 6.33. The number of hydrogen-bond donors (Lipinski definition) is 0. The number of rotatable bonds is 1. The van der Waals surface area contributed by atoms with Crippen molar-refractivity contribution >= 4 is 17.5 Å². The van der Waals surface area contributed by atoms with Gasteiger partial charge in [0.05, 0.1) is 0 Å². The first kappa shape index (κ1) is 12.0. The Balaban J connectivity index is 1.83. The van der Waals surface area contributed by atoms with Gasteiger partial charge in [-0.25, -0.2) is 4.39 Å². The molecule has 1 amide bonds. The standard InChI is InChI=1S/C14H15ClFNO/c15-10-7-12-5-6-13(8-10)17(12)14(18)9-1-3-11(16)4-2-9/h1-4,10,12-13H,5-8H2. The van der Waals surface area contributed by atoms with E-state index in [1.54, 1.807) is 12.1 Å². The van der Waals surface area contributed by atoms with Crippen molar-refractivity contribution in [3.8, 4) is 0 Å². The van der Waals surface area contributed by atoms with Gasteiger partial charge in [0.15, 0.2) is 0 Å². The summed E-state index contributed by atoms with van der Waals surface area (Å²) in [5.41, 5.74) is 0.571. The first-order valence-corrected chi connectivity index (χ1v) is 6.81. The van der Waals surface area contributed by atoms with E-state index in [-0.39, 0.29) is 29.2 Å². The van der Waals surface area contributed by atoms with Crippen LogP contribution in [0.15, 0.2) is 24.3 Å². The van der Waals surface area contributed by atoms with E-state index in [1.165, 1.54) is 12.1 Å². The summed E-state index contributed by atoms with van der Waals surface area (Å²) in [5.74, 6) is -0.292.